The fourth-order valence-electron chi connectivity index (χ4n) is 4.14. The van der Waals surface area contributed by atoms with Gasteiger partial charge in [0.15, 0.2) is 0 Å². The van der Waals surface area contributed by atoms with Crippen molar-refractivity contribution >= 4 is 43.4 Å². The van der Waals surface area contributed by atoms with Gasteiger partial charge in [0, 0.05) is 16.6 Å². The molecular formula is C26H22N4O2S. The maximum Gasteiger partial charge on any atom is 0.271 e. The van der Waals surface area contributed by atoms with Gasteiger partial charge in [0.1, 0.15) is 16.1 Å². The number of rotatable bonds is 4. The molecule has 6 nitrogen and oxygen atoms in total. The molecule has 0 fully saturated rings. The molecule has 0 aliphatic heterocycles. The Hall–Kier alpha value is -3.84. The Balaban J connectivity index is 1.47. The van der Waals surface area contributed by atoms with E-state index in [0.29, 0.717) is 10.2 Å². The highest BCUT2D eigenvalue weighted by Gasteiger charge is 2.16. The summed E-state index contributed by atoms with van der Waals surface area (Å²) in [6.07, 6.45) is 1.44. The van der Waals surface area contributed by atoms with Gasteiger partial charge < -0.3 is 5.32 Å². The van der Waals surface area contributed by atoms with Crippen LogP contribution in [0.3, 0.4) is 0 Å². The van der Waals surface area contributed by atoms with Crippen LogP contribution in [-0.4, -0.2) is 20.4 Å². The number of hydrogen-bond acceptors (Lipinski definition) is 5. The third-order valence-electron chi connectivity index (χ3n) is 5.64. The van der Waals surface area contributed by atoms with Crippen molar-refractivity contribution in [1.82, 2.24) is 14.5 Å². The topological polar surface area (TPSA) is 76.9 Å². The highest BCUT2D eigenvalue weighted by atomic mass is 32.1. The predicted octanol–water partition coefficient (Wildman–Crippen LogP) is 5.24. The number of fused-ring (bicyclic) bond motifs is 3. The number of benzene rings is 2. The summed E-state index contributed by atoms with van der Waals surface area (Å²) in [7, 11) is 0. The van der Waals surface area contributed by atoms with E-state index in [1.807, 2.05) is 75.4 Å². The van der Waals surface area contributed by atoms with Crippen LogP contribution in [0.4, 0.5) is 5.69 Å². The van der Waals surface area contributed by atoms with Crippen molar-refractivity contribution in [3.05, 3.63) is 88.0 Å². The Kier molecular flexibility index (Phi) is 5.26. The van der Waals surface area contributed by atoms with Gasteiger partial charge in [-0.05, 0) is 44.0 Å². The largest absolute Gasteiger partial charge is 0.324 e. The number of pyridine rings is 1. The highest BCUT2D eigenvalue weighted by molar-refractivity contribution is 7.25. The van der Waals surface area contributed by atoms with Gasteiger partial charge in [0.25, 0.3) is 5.56 Å². The average molecular weight is 455 g/mol. The van der Waals surface area contributed by atoms with Crippen LogP contribution in [0, 0.1) is 20.8 Å². The summed E-state index contributed by atoms with van der Waals surface area (Å²) in [5.74, 6) is -0.265. The SMILES string of the molecule is Cc1cc(C)c(NC(=O)Cn2cnc3c(sc4nc(-c5ccccc5)ccc43)c2=O)c(C)c1. The molecule has 0 saturated heterocycles. The van der Waals surface area contributed by atoms with E-state index in [1.54, 1.807) is 0 Å². The van der Waals surface area contributed by atoms with Gasteiger partial charge in [-0.2, -0.15) is 0 Å². The molecule has 1 N–H and O–H groups in total. The van der Waals surface area contributed by atoms with E-state index in [2.05, 4.69) is 10.3 Å². The van der Waals surface area contributed by atoms with Crippen LogP contribution in [0.25, 0.3) is 31.7 Å². The zero-order chi connectivity index (χ0) is 23.1. The first-order valence-electron chi connectivity index (χ1n) is 10.6. The van der Waals surface area contributed by atoms with Crippen molar-refractivity contribution in [3.8, 4) is 11.3 Å². The van der Waals surface area contributed by atoms with Crippen LogP contribution in [-0.2, 0) is 11.3 Å². The first-order valence-corrected chi connectivity index (χ1v) is 11.4. The van der Waals surface area contributed by atoms with E-state index in [0.717, 1.165) is 43.9 Å². The summed E-state index contributed by atoms with van der Waals surface area (Å²) in [4.78, 5) is 35.9. The lowest BCUT2D eigenvalue weighted by Gasteiger charge is -2.13. The molecule has 0 saturated carbocycles. The van der Waals surface area contributed by atoms with Gasteiger partial charge >= 0.3 is 0 Å². The molecule has 5 rings (SSSR count). The van der Waals surface area contributed by atoms with E-state index >= 15 is 0 Å². The number of aromatic nitrogens is 3. The molecule has 3 heterocycles. The number of anilines is 1. The number of thiophene rings is 1. The lowest BCUT2D eigenvalue weighted by molar-refractivity contribution is -0.116. The molecule has 0 atom stereocenters. The fraction of sp³-hybridized carbons (Fsp3) is 0.154. The minimum Gasteiger partial charge on any atom is -0.324 e. The zero-order valence-electron chi connectivity index (χ0n) is 18.5. The minimum atomic E-state index is -0.265. The number of nitrogens with one attached hydrogen (secondary N) is 1. The third kappa shape index (κ3) is 3.91. The van der Waals surface area contributed by atoms with Gasteiger partial charge in [-0.1, -0.05) is 48.0 Å². The summed E-state index contributed by atoms with van der Waals surface area (Å²) in [6, 6.07) is 17.9. The van der Waals surface area contributed by atoms with Crippen LogP contribution in [0.1, 0.15) is 16.7 Å². The third-order valence-corrected chi connectivity index (χ3v) is 6.71. The number of amides is 1. The monoisotopic (exact) mass is 454 g/mol. The predicted molar refractivity (Wildman–Crippen MR) is 134 cm³/mol. The molecule has 0 bridgehead atoms. The minimum absolute atomic E-state index is 0.106. The molecule has 0 unspecified atom stereocenters. The molecule has 0 aliphatic rings. The number of nitrogens with zero attached hydrogens (tertiary/aromatic N) is 3. The van der Waals surface area contributed by atoms with Gasteiger partial charge in [-0.15, -0.1) is 11.3 Å². The Bertz CT molecular complexity index is 1560. The molecule has 1 amide bonds. The van der Waals surface area contributed by atoms with E-state index in [4.69, 9.17) is 4.98 Å². The maximum atomic E-state index is 13.1. The second-order valence-corrected chi connectivity index (χ2v) is 9.19. The van der Waals surface area contributed by atoms with Gasteiger partial charge in [-0.25, -0.2) is 9.97 Å². The van der Waals surface area contributed by atoms with Crippen LogP contribution in [0.5, 0.6) is 0 Å². The van der Waals surface area contributed by atoms with Crippen LogP contribution >= 0.6 is 11.3 Å². The Morgan fingerprint density at radius 1 is 1.03 bits per heavy atom. The number of aryl methyl sites for hydroxylation is 3. The Morgan fingerprint density at radius 2 is 1.76 bits per heavy atom. The average Bonchev–Trinajstić information content (AvgIpc) is 3.17. The molecule has 7 heteroatoms. The standard InChI is InChI=1S/C26H22N4O2S/c1-15-11-16(2)22(17(3)12-15)29-21(31)13-30-14-27-23-19-9-10-20(18-7-5-4-6-8-18)28-25(19)33-24(23)26(30)32/h4-12,14H,13H2,1-3H3,(H,29,31). The molecule has 33 heavy (non-hydrogen) atoms. The summed E-state index contributed by atoms with van der Waals surface area (Å²) >= 11 is 1.31. The summed E-state index contributed by atoms with van der Waals surface area (Å²) in [5.41, 5.74) is 6.15. The zero-order valence-corrected chi connectivity index (χ0v) is 19.4. The van der Waals surface area contributed by atoms with Crippen LogP contribution in [0.15, 0.2) is 65.7 Å². The smallest absolute Gasteiger partial charge is 0.271 e. The second-order valence-electron chi connectivity index (χ2n) is 8.19. The molecule has 0 aliphatic carbocycles. The van der Waals surface area contributed by atoms with Crippen molar-refractivity contribution in [2.24, 2.45) is 0 Å². The van der Waals surface area contributed by atoms with Gasteiger partial charge in [0.05, 0.1) is 17.5 Å². The van der Waals surface area contributed by atoms with Crippen LogP contribution < -0.4 is 10.9 Å². The lowest BCUT2D eigenvalue weighted by atomic mass is 10.1. The van der Waals surface area contributed by atoms with Crippen molar-refractivity contribution in [2.75, 3.05) is 5.32 Å². The van der Waals surface area contributed by atoms with Crippen molar-refractivity contribution in [2.45, 2.75) is 27.3 Å². The Morgan fingerprint density at radius 3 is 2.48 bits per heavy atom. The first-order chi connectivity index (χ1) is 15.9. The van der Waals surface area contributed by atoms with E-state index in [1.165, 1.54) is 22.2 Å². The quantitative estimate of drug-likeness (QED) is 0.403. The first kappa shape index (κ1) is 21.0. The van der Waals surface area contributed by atoms with E-state index < -0.39 is 0 Å². The fourth-order valence-corrected chi connectivity index (χ4v) is 5.22. The Labute approximate surface area is 194 Å². The van der Waals surface area contributed by atoms with E-state index in [-0.39, 0.29) is 18.0 Å². The number of carbonyl (C=O) groups excluding carboxylic acids is 1. The van der Waals surface area contributed by atoms with Crippen molar-refractivity contribution in [1.29, 1.82) is 0 Å². The van der Waals surface area contributed by atoms with Crippen molar-refractivity contribution in [3.63, 3.8) is 0 Å². The summed E-state index contributed by atoms with van der Waals surface area (Å²) in [6.45, 7) is 5.84. The van der Waals surface area contributed by atoms with Crippen molar-refractivity contribution < 1.29 is 4.79 Å². The van der Waals surface area contributed by atoms with Crippen LogP contribution in [0.2, 0.25) is 0 Å². The summed E-state index contributed by atoms with van der Waals surface area (Å²) < 4.78 is 1.85. The normalized spacial score (nSPS) is 11.2. The molecule has 2 aromatic carbocycles. The molecule has 5 aromatic rings. The molecular weight excluding hydrogens is 432 g/mol. The molecule has 0 radical (unpaired) electrons. The number of carbonyl (C=O) groups is 1. The second kappa shape index (κ2) is 8.26. The highest BCUT2D eigenvalue weighted by Crippen LogP contribution is 2.31. The van der Waals surface area contributed by atoms with Gasteiger partial charge in [0.2, 0.25) is 5.91 Å². The molecule has 0 spiro atoms. The molecule has 3 aromatic heterocycles. The van der Waals surface area contributed by atoms with E-state index in [9.17, 15) is 9.59 Å². The lowest BCUT2D eigenvalue weighted by Crippen LogP contribution is -2.27. The number of hydrogen-bond donors (Lipinski definition) is 1. The molecule has 164 valence electrons. The maximum absolute atomic E-state index is 13.1. The van der Waals surface area contributed by atoms with Gasteiger partial charge in [-0.3, -0.25) is 14.2 Å². The summed E-state index contributed by atoms with van der Waals surface area (Å²) in [5, 5.41) is 3.79.